The Morgan fingerprint density at radius 1 is 0.387 bits per heavy atom. The first-order valence-corrected chi connectivity index (χ1v) is 21.9. The lowest BCUT2D eigenvalue weighted by molar-refractivity contribution is 0.669. The van der Waals surface area contributed by atoms with Crippen molar-refractivity contribution in [2.75, 3.05) is 4.90 Å². The molecule has 0 atom stereocenters. The van der Waals surface area contributed by atoms with E-state index in [1.54, 1.807) is 0 Å². The van der Waals surface area contributed by atoms with Gasteiger partial charge in [0.05, 0.1) is 11.0 Å². The van der Waals surface area contributed by atoms with Gasteiger partial charge in [-0.3, -0.25) is 0 Å². The van der Waals surface area contributed by atoms with Gasteiger partial charge in [-0.2, -0.15) is 0 Å². The minimum atomic E-state index is 0.877. The van der Waals surface area contributed by atoms with E-state index < -0.39 is 0 Å². The highest BCUT2D eigenvalue weighted by Gasteiger charge is 2.23. The molecule has 0 aliphatic carbocycles. The molecular weight excluding hydrogens is 773 g/mol. The van der Waals surface area contributed by atoms with E-state index in [4.69, 9.17) is 4.42 Å². The average molecular weight is 809 g/mol. The number of anilines is 3. The van der Waals surface area contributed by atoms with Crippen molar-refractivity contribution in [3.05, 3.63) is 218 Å². The number of nitrogens with zero attached hydrogens (tertiary/aromatic N) is 2. The molecule has 0 saturated carbocycles. The van der Waals surface area contributed by atoms with E-state index in [1.807, 2.05) is 11.3 Å². The molecule has 4 heteroatoms. The zero-order chi connectivity index (χ0) is 40.7. The van der Waals surface area contributed by atoms with Gasteiger partial charge < -0.3 is 13.9 Å². The Kier molecular flexibility index (Phi) is 7.78. The second kappa shape index (κ2) is 13.8. The summed E-state index contributed by atoms with van der Waals surface area (Å²) in [5.74, 6) is 0. The first-order chi connectivity index (χ1) is 30.7. The highest BCUT2D eigenvalue weighted by atomic mass is 32.1. The minimum Gasteiger partial charge on any atom is -0.456 e. The molecule has 0 saturated heterocycles. The van der Waals surface area contributed by atoms with E-state index in [2.05, 4.69) is 228 Å². The number of fused-ring (bicyclic) bond motifs is 11. The van der Waals surface area contributed by atoms with Crippen LogP contribution >= 0.6 is 11.3 Å². The van der Waals surface area contributed by atoms with Gasteiger partial charge in [0.15, 0.2) is 0 Å². The summed E-state index contributed by atoms with van der Waals surface area (Å²) in [6.07, 6.45) is 0. The summed E-state index contributed by atoms with van der Waals surface area (Å²) in [4.78, 5) is 2.43. The molecule has 0 aliphatic rings. The third-order valence-corrected chi connectivity index (χ3v) is 13.7. The van der Waals surface area contributed by atoms with Crippen LogP contribution in [0.15, 0.2) is 223 Å². The van der Waals surface area contributed by atoms with Crippen LogP contribution < -0.4 is 4.90 Å². The highest BCUT2D eigenvalue weighted by molar-refractivity contribution is 7.25. The second-order valence-electron chi connectivity index (χ2n) is 16.1. The van der Waals surface area contributed by atoms with Crippen molar-refractivity contribution in [2.45, 2.75) is 0 Å². The molecule has 13 rings (SSSR count). The SMILES string of the molecule is c1ccc(-c2cc(-c3ccccc3)c3c(c2)c2ccc(N(c4ccc5sc6ccccc6c5c4)c4ccc5oc6ccc7ccccc7c6c5c4)cc2n3-c2ccccc2)cc1. The van der Waals surface area contributed by atoms with Crippen molar-refractivity contribution in [3.8, 4) is 27.9 Å². The molecule has 62 heavy (non-hydrogen) atoms. The molecule has 10 aromatic carbocycles. The summed E-state index contributed by atoms with van der Waals surface area (Å²) in [7, 11) is 0. The van der Waals surface area contributed by atoms with E-state index in [9.17, 15) is 0 Å². The van der Waals surface area contributed by atoms with Gasteiger partial charge in [-0.1, -0.05) is 133 Å². The normalized spacial score (nSPS) is 11.9. The quantitative estimate of drug-likeness (QED) is 0.167. The summed E-state index contributed by atoms with van der Waals surface area (Å²) in [5.41, 5.74) is 13.2. The zero-order valence-corrected chi connectivity index (χ0v) is 34.3. The molecule has 3 aromatic heterocycles. The number of para-hydroxylation sites is 1. The number of thiophene rings is 1. The van der Waals surface area contributed by atoms with Crippen LogP contribution in [0.4, 0.5) is 17.1 Å². The van der Waals surface area contributed by atoms with Crippen molar-refractivity contribution in [2.24, 2.45) is 0 Å². The number of rotatable bonds is 6. The lowest BCUT2D eigenvalue weighted by atomic mass is 9.95. The molecular formula is C58H36N2OS. The molecule has 13 aromatic rings. The van der Waals surface area contributed by atoms with Crippen molar-refractivity contribution in [1.29, 1.82) is 0 Å². The highest BCUT2D eigenvalue weighted by Crippen LogP contribution is 2.46. The molecule has 0 spiro atoms. The molecule has 0 bridgehead atoms. The fourth-order valence-electron chi connectivity index (χ4n) is 9.73. The third-order valence-electron chi connectivity index (χ3n) is 12.5. The van der Waals surface area contributed by atoms with E-state index >= 15 is 0 Å². The topological polar surface area (TPSA) is 21.3 Å². The molecule has 0 fully saturated rings. The van der Waals surface area contributed by atoms with Gasteiger partial charge in [0.25, 0.3) is 0 Å². The van der Waals surface area contributed by atoms with Crippen LogP contribution in [0, 0.1) is 0 Å². The standard InChI is InChI=1S/C58H36N2OS/c1-4-14-37(15-5-1)40-32-48(38-16-6-2-7-17-38)58-50(33-40)46-28-25-44(36-52(46)60(58)41-19-8-3-9-20-41)59(43-27-31-56-49(34-43)47-22-12-13-23-55(47)62-56)42-26-30-53-51(35-42)57-45-21-11-10-18-39(45)24-29-54(57)61-53/h1-36H. The van der Waals surface area contributed by atoms with Gasteiger partial charge in [0.2, 0.25) is 0 Å². The largest absolute Gasteiger partial charge is 0.456 e. The van der Waals surface area contributed by atoms with Crippen LogP contribution in [0.2, 0.25) is 0 Å². The Morgan fingerprint density at radius 2 is 1.02 bits per heavy atom. The molecule has 0 aliphatic heterocycles. The summed E-state index contributed by atoms with van der Waals surface area (Å²) in [6, 6.07) is 79.4. The number of hydrogen-bond donors (Lipinski definition) is 0. The molecule has 3 nitrogen and oxygen atoms in total. The third kappa shape index (κ3) is 5.44. The fraction of sp³-hybridized carbons (Fsp3) is 0. The number of furan rings is 1. The smallest absolute Gasteiger partial charge is 0.136 e. The van der Waals surface area contributed by atoms with Gasteiger partial charge in [-0.05, 0) is 112 Å². The Morgan fingerprint density at radius 3 is 1.84 bits per heavy atom. The maximum atomic E-state index is 6.53. The lowest BCUT2D eigenvalue weighted by Gasteiger charge is -2.26. The first kappa shape index (κ1) is 34.9. The average Bonchev–Trinajstić information content (AvgIpc) is 4.01. The molecule has 0 amide bonds. The Labute approximate surface area is 361 Å². The van der Waals surface area contributed by atoms with Crippen LogP contribution in [0.1, 0.15) is 0 Å². The van der Waals surface area contributed by atoms with E-state index in [-0.39, 0.29) is 0 Å². The summed E-state index contributed by atoms with van der Waals surface area (Å²) < 4.78 is 11.6. The summed E-state index contributed by atoms with van der Waals surface area (Å²) >= 11 is 1.85. The van der Waals surface area contributed by atoms with Crippen molar-refractivity contribution < 1.29 is 4.42 Å². The molecule has 0 unspecified atom stereocenters. The number of hydrogen-bond acceptors (Lipinski definition) is 3. The predicted molar refractivity (Wildman–Crippen MR) is 264 cm³/mol. The number of aromatic nitrogens is 1. The van der Waals surface area contributed by atoms with Crippen LogP contribution in [-0.4, -0.2) is 4.57 Å². The van der Waals surface area contributed by atoms with Crippen LogP contribution in [-0.2, 0) is 0 Å². The maximum absolute atomic E-state index is 6.53. The molecule has 0 N–H and O–H groups in total. The van der Waals surface area contributed by atoms with Gasteiger partial charge in [0.1, 0.15) is 11.2 Å². The van der Waals surface area contributed by atoms with Gasteiger partial charge >= 0.3 is 0 Å². The zero-order valence-electron chi connectivity index (χ0n) is 33.5. The predicted octanol–water partition coefficient (Wildman–Crippen LogP) is 17.0. The summed E-state index contributed by atoms with van der Waals surface area (Å²) in [6.45, 7) is 0. The fourth-order valence-corrected chi connectivity index (χ4v) is 10.8. The van der Waals surface area contributed by atoms with Crippen LogP contribution in [0.25, 0.3) is 103 Å². The van der Waals surface area contributed by atoms with E-state index in [1.165, 1.54) is 69.5 Å². The summed E-state index contributed by atoms with van der Waals surface area (Å²) in [5, 5.41) is 9.58. The molecule has 290 valence electrons. The first-order valence-electron chi connectivity index (χ1n) is 21.1. The molecule has 3 heterocycles. The minimum absolute atomic E-state index is 0.877. The van der Waals surface area contributed by atoms with Gasteiger partial charge in [-0.25, -0.2) is 0 Å². The lowest BCUT2D eigenvalue weighted by Crippen LogP contribution is -2.10. The maximum Gasteiger partial charge on any atom is 0.136 e. The van der Waals surface area contributed by atoms with Crippen molar-refractivity contribution in [1.82, 2.24) is 4.57 Å². The van der Waals surface area contributed by atoms with Crippen molar-refractivity contribution in [3.63, 3.8) is 0 Å². The number of benzene rings is 10. The Balaban J connectivity index is 1.12. The van der Waals surface area contributed by atoms with E-state index in [0.29, 0.717) is 0 Å². The van der Waals surface area contributed by atoms with Gasteiger partial charge in [-0.15, -0.1) is 11.3 Å². The van der Waals surface area contributed by atoms with E-state index in [0.717, 1.165) is 50.2 Å². The van der Waals surface area contributed by atoms with Crippen molar-refractivity contribution >= 4 is 103 Å². The second-order valence-corrected chi connectivity index (χ2v) is 17.2. The Hall–Kier alpha value is -7.92. The van der Waals surface area contributed by atoms with Crippen LogP contribution in [0.5, 0.6) is 0 Å². The Bertz CT molecular complexity index is 3860. The monoisotopic (exact) mass is 808 g/mol. The van der Waals surface area contributed by atoms with Crippen LogP contribution in [0.3, 0.4) is 0 Å². The van der Waals surface area contributed by atoms with Gasteiger partial charge in [0, 0.05) is 70.0 Å². The molecule has 0 radical (unpaired) electrons.